The van der Waals surface area contributed by atoms with Crippen molar-refractivity contribution in [2.75, 3.05) is 24.3 Å². The SMILES string of the molecule is CC(Nc1cnccc1N(C)C)c1cc(Br)ccc1F. The van der Waals surface area contributed by atoms with E-state index >= 15 is 0 Å². The molecule has 0 radical (unpaired) electrons. The van der Waals surface area contributed by atoms with E-state index in [2.05, 4.69) is 26.2 Å². The highest BCUT2D eigenvalue weighted by Gasteiger charge is 2.13. The standard InChI is InChI=1S/C15H17BrFN3/c1-10(12-8-11(16)4-5-13(12)17)19-14-9-18-7-6-15(14)20(2)3/h4-10,19H,1-3H3. The number of hydrogen-bond donors (Lipinski definition) is 1. The van der Waals surface area contributed by atoms with Gasteiger partial charge < -0.3 is 10.2 Å². The summed E-state index contributed by atoms with van der Waals surface area (Å²) in [5.74, 6) is -0.219. The van der Waals surface area contributed by atoms with Crippen molar-refractivity contribution in [3.63, 3.8) is 0 Å². The van der Waals surface area contributed by atoms with Crippen LogP contribution in [0.4, 0.5) is 15.8 Å². The summed E-state index contributed by atoms with van der Waals surface area (Å²) in [4.78, 5) is 6.12. The van der Waals surface area contributed by atoms with Gasteiger partial charge in [0.1, 0.15) is 5.82 Å². The fraction of sp³-hybridized carbons (Fsp3) is 0.267. The maximum Gasteiger partial charge on any atom is 0.128 e. The van der Waals surface area contributed by atoms with Crippen molar-refractivity contribution in [1.29, 1.82) is 0 Å². The molecule has 2 aromatic rings. The quantitative estimate of drug-likeness (QED) is 0.905. The number of halogens is 2. The Bertz CT molecular complexity index is 601. The molecule has 0 aliphatic rings. The molecule has 20 heavy (non-hydrogen) atoms. The topological polar surface area (TPSA) is 28.2 Å². The van der Waals surface area contributed by atoms with Crippen molar-refractivity contribution >= 4 is 27.3 Å². The molecule has 1 aromatic heterocycles. The second-order valence-corrected chi connectivity index (χ2v) is 5.73. The number of anilines is 2. The summed E-state index contributed by atoms with van der Waals surface area (Å²) in [6.07, 6.45) is 3.49. The Balaban J connectivity index is 2.28. The molecule has 2 rings (SSSR count). The first-order valence-corrected chi connectivity index (χ1v) is 7.11. The van der Waals surface area contributed by atoms with Crippen LogP contribution in [0.25, 0.3) is 0 Å². The number of rotatable bonds is 4. The zero-order chi connectivity index (χ0) is 14.7. The van der Waals surface area contributed by atoms with Crippen LogP contribution in [0.1, 0.15) is 18.5 Å². The number of nitrogens with one attached hydrogen (secondary N) is 1. The van der Waals surface area contributed by atoms with Crippen molar-refractivity contribution in [2.24, 2.45) is 0 Å². The highest BCUT2D eigenvalue weighted by molar-refractivity contribution is 9.10. The van der Waals surface area contributed by atoms with Gasteiger partial charge in [0.2, 0.25) is 0 Å². The summed E-state index contributed by atoms with van der Waals surface area (Å²) in [5, 5.41) is 3.31. The number of benzene rings is 1. The average Bonchev–Trinajstić information content (AvgIpc) is 2.41. The lowest BCUT2D eigenvalue weighted by Crippen LogP contribution is -2.15. The van der Waals surface area contributed by atoms with Crippen LogP contribution >= 0.6 is 15.9 Å². The van der Waals surface area contributed by atoms with Crippen molar-refractivity contribution in [1.82, 2.24) is 4.98 Å². The summed E-state index contributed by atoms with van der Waals surface area (Å²) in [6.45, 7) is 1.93. The third kappa shape index (κ3) is 3.28. The van der Waals surface area contributed by atoms with Gasteiger partial charge in [0.25, 0.3) is 0 Å². The summed E-state index contributed by atoms with van der Waals surface area (Å²) < 4.78 is 14.8. The van der Waals surface area contributed by atoms with E-state index in [1.165, 1.54) is 6.07 Å². The van der Waals surface area contributed by atoms with Crippen LogP contribution in [-0.2, 0) is 0 Å². The van der Waals surface area contributed by atoms with Gasteiger partial charge in [-0.3, -0.25) is 4.98 Å². The van der Waals surface area contributed by atoms with E-state index in [1.807, 2.05) is 32.0 Å². The Morgan fingerprint density at radius 3 is 2.75 bits per heavy atom. The molecule has 0 bridgehead atoms. The maximum atomic E-state index is 13.9. The second kappa shape index (κ2) is 6.22. The van der Waals surface area contributed by atoms with Crippen LogP contribution in [0.15, 0.2) is 41.1 Å². The van der Waals surface area contributed by atoms with Crippen molar-refractivity contribution in [3.05, 3.63) is 52.5 Å². The third-order valence-corrected chi connectivity index (χ3v) is 3.57. The highest BCUT2D eigenvalue weighted by atomic mass is 79.9. The summed E-state index contributed by atoms with van der Waals surface area (Å²) in [7, 11) is 3.93. The van der Waals surface area contributed by atoms with Crippen LogP contribution in [-0.4, -0.2) is 19.1 Å². The Labute approximate surface area is 127 Å². The molecule has 1 atom stereocenters. The molecular formula is C15H17BrFN3. The summed E-state index contributed by atoms with van der Waals surface area (Å²) in [5.41, 5.74) is 2.51. The van der Waals surface area contributed by atoms with E-state index in [0.717, 1.165) is 15.8 Å². The van der Waals surface area contributed by atoms with Gasteiger partial charge in [-0.05, 0) is 31.2 Å². The fourth-order valence-electron chi connectivity index (χ4n) is 2.05. The van der Waals surface area contributed by atoms with E-state index in [4.69, 9.17) is 0 Å². The minimum atomic E-state index is -0.219. The molecule has 0 fully saturated rings. The van der Waals surface area contributed by atoms with Crippen LogP contribution in [0.2, 0.25) is 0 Å². The lowest BCUT2D eigenvalue weighted by molar-refractivity contribution is 0.600. The van der Waals surface area contributed by atoms with Crippen molar-refractivity contribution < 1.29 is 4.39 Å². The van der Waals surface area contributed by atoms with Gasteiger partial charge in [0, 0.05) is 30.3 Å². The molecule has 0 amide bonds. The number of pyridine rings is 1. The lowest BCUT2D eigenvalue weighted by Gasteiger charge is -2.22. The second-order valence-electron chi connectivity index (χ2n) is 4.82. The number of hydrogen-bond acceptors (Lipinski definition) is 3. The predicted octanol–water partition coefficient (Wildman–Crippen LogP) is 4.22. The normalized spacial score (nSPS) is 12.1. The molecule has 0 aliphatic heterocycles. The molecule has 3 nitrogen and oxygen atoms in total. The van der Waals surface area contributed by atoms with Crippen molar-refractivity contribution in [2.45, 2.75) is 13.0 Å². The Hall–Kier alpha value is -1.62. The van der Waals surface area contributed by atoms with Gasteiger partial charge >= 0.3 is 0 Å². The molecule has 0 saturated carbocycles. The summed E-state index contributed by atoms with van der Waals surface area (Å²) >= 11 is 3.37. The molecule has 0 saturated heterocycles. The molecule has 106 valence electrons. The zero-order valence-electron chi connectivity index (χ0n) is 11.7. The minimum Gasteiger partial charge on any atom is -0.376 e. The molecular weight excluding hydrogens is 321 g/mol. The van der Waals surface area contributed by atoms with E-state index in [1.54, 1.807) is 24.5 Å². The van der Waals surface area contributed by atoms with Crippen LogP contribution in [0.3, 0.4) is 0 Å². The van der Waals surface area contributed by atoms with Gasteiger partial charge in [-0.25, -0.2) is 4.39 Å². The molecule has 1 heterocycles. The monoisotopic (exact) mass is 337 g/mol. The number of nitrogens with zero attached hydrogens (tertiary/aromatic N) is 2. The van der Waals surface area contributed by atoms with Crippen LogP contribution in [0.5, 0.6) is 0 Å². The van der Waals surface area contributed by atoms with Gasteiger partial charge in [-0.2, -0.15) is 0 Å². The third-order valence-electron chi connectivity index (χ3n) is 3.08. The van der Waals surface area contributed by atoms with Gasteiger partial charge in [0.05, 0.1) is 23.6 Å². The minimum absolute atomic E-state index is 0.157. The Morgan fingerprint density at radius 1 is 1.30 bits per heavy atom. The molecule has 1 aromatic carbocycles. The fourth-order valence-corrected chi connectivity index (χ4v) is 2.42. The Kier molecular flexibility index (Phi) is 4.60. The highest BCUT2D eigenvalue weighted by Crippen LogP contribution is 2.29. The van der Waals surface area contributed by atoms with E-state index in [-0.39, 0.29) is 11.9 Å². The van der Waals surface area contributed by atoms with E-state index < -0.39 is 0 Å². The Morgan fingerprint density at radius 2 is 2.05 bits per heavy atom. The molecule has 1 unspecified atom stereocenters. The van der Waals surface area contributed by atoms with Crippen LogP contribution in [0, 0.1) is 5.82 Å². The molecule has 5 heteroatoms. The zero-order valence-corrected chi connectivity index (χ0v) is 13.3. The number of aromatic nitrogens is 1. The maximum absolute atomic E-state index is 13.9. The van der Waals surface area contributed by atoms with E-state index in [9.17, 15) is 4.39 Å². The van der Waals surface area contributed by atoms with Gasteiger partial charge in [0.15, 0.2) is 0 Å². The van der Waals surface area contributed by atoms with Crippen LogP contribution < -0.4 is 10.2 Å². The summed E-state index contributed by atoms with van der Waals surface area (Å²) in [6, 6.07) is 6.72. The predicted molar refractivity (Wildman–Crippen MR) is 84.7 cm³/mol. The van der Waals surface area contributed by atoms with Crippen molar-refractivity contribution in [3.8, 4) is 0 Å². The van der Waals surface area contributed by atoms with E-state index in [0.29, 0.717) is 5.56 Å². The first-order valence-electron chi connectivity index (χ1n) is 6.32. The van der Waals surface area contributed by atoms with Gasteiger partial charge in [-0.1, -0.05) is 15.9 Å². The molecule has 1 N–H and O–H groups in total. The molecule has 0 aliphatic carbocycles. The molecule has 0 spiro atoms. The smallest absolute Gasteiger partial charge is 0.128 e. The van der Waals surface area contributed by atoms with Gasteiger partial charge in [-0.15, -0.1) is 0 Å². The average molecular weight is 338 g/mol. The first-order chi connectivity index (χ1) is 9.49. The largest absolute Gasteiger partial charge is 0.376 e. The lowest BCUT2D eigenvalue weighted by atomic mass is 10.1. The first kappa shape index (κ1) is 14.8.